The van der Waals surface area contributed by atoms with Crippen molar-refractivity contribution in [3.63, 3.8) is 0 Å². The van der Waals surface area contributed by atoms with Gasteiger partial charge in [-0.1, -0.05) is 5.16 Å². The van der Waals surface area contributed by atoms with Gasteiger partial charge in [0, 0.05) is 25.7 Å². The highest BCUT2D eigenvalue weighted by molar-refractivity contribution is 5.97. The molecule has 1 atom stereocenters. The van der Waals surface area contributed by atoms with Crippen molar-refractivity contribution in [3.8, 4) is 5.75 Å². The zero-order valence-corrected chi connectivity index (χ0v) is 10.4. The first-order valence-electron chi connectivity index (χ1n) is 5.51. The molecule has 1 rings (SSSR count). The van der Waals surface area contributed by atoms with Crippen LogP contribution in [0.2, 0.25) is 0 Å². The van der Waals surface area contributed by atoms with Gasteiger partial charge in [-0.3, -0.25) is 0 Å². The SMILES string of the molecule is COCCC(C)Oc1ccc(/C(N)=N/O)cc1F. The summed E-state index contributed by atoms with van der Waals surface area (Å²) in [5.74, 6) is -0.565. The summed E-state index contributed by atoms with van der Waals surface area (Å²) in [5.41, 5.74) is 5.65. The maximum atomic E-state index is 13.7. The highest BCUT2D eigenvalue weighted by atomic mass is 19.1. The van der Waals surface area contributed by atoms with Gasteiger partial charge < -0.3 is 20.4 Å². The minimum atomic E-state index is -0.552. The van der Waals surface area contributed by atoms with Crippen molar-refractivity contribution in [2.45, 2.75) is 19.4 Å². The first-order chi connectivity index (χ1) is 8.58. The average molecular weight is 256 g/mol. The van der Waals surface area contributed by atoms with Crippen molar-refractivity contribution in [2.24, 2.45) is 10.9 Å². The van der Waals surface area contributed by atoms with Crippen molar-refractivity contribution in [3.05, 3.63) is 29.6 Å². The van der Waals surface area contributed by atoms with Gasteiger partial charge in [0.25, 0.3) is 0 Å². The summed E-state index contributed by atoms with van der Waals surface area (Å²) in [7, 11) is 1.60. The van der Waals surface area contributed by atoms with Crippen LogP contribution in [0.25, 0.3) is 0 Å². The smallest absolute Gasteiger partial charge is 0.170 e. The fourth-order valence-corrected chi connectivity index (χ4v) is 1.37. The predicted molar refractivity (Wildman–Crippen MR) is 65.5 cm³/mol. The van der Waals surface area contributed by atoms with Crippen LogP contribution >= 0.6 is 0 Å². The zero-order valence-electron chi connectivity index (χ0n) is 10.4. The van der Waals surface area contributed by atoms with Gasteiger partial charge in [0.1, 0.15) is 0 Å². The largest absolute Gasteiger partial charge is 0.488 e. The summed E-state index contributed by atoms with van der Waals surface area (Å²) >= 11 is 0. The highest BCUT2D eigenvalue weighted by Gasteiger charge is 2.10. The van der Waals surface area contributed by atoms with Crippen LogP contribution in [-0.2, 0) is 4.74 Å². The zero-order chi connectivity index (χ0) is 13.5. The molecule has 0 heterocycles. The molecule has 0 aliphatic carbocycles. The topological polar surface area (TPSA) is 77.1 Å². The van der Waals surface area contributed by atoms with E-state index in [9.17, 15) is 4.39 Å². The van der Waals surface area contributed by atoms with Gasteiger partial charge in [0.15, 0.2) is 17.4 Å². The van der Waals surface area contributed by atoms with Crippen molar-refractivity contribution >= 4 is 5.84 Å². The molecule has 0 aromatic heterocycles. The van der Waals surface area contributed by atoms with Gasteiger partial charge in [0.05, 0.1) is 6.10 Å². The highest BCUT2D eigenvalue weighted by Crippen LogP contribution is 2.20. The monoisotopic (exact) mass is 256 g/mol. The van der Waals surface area contributed by atoms with Crippen LogP contribution in [0, 0.1) is 5.82 Å². The van der Waals surface area contributed by atoms with Gasteiger partial charge in [-0.05, 0) is 25.1 Å². The fraction of sp³-hybridized carbons (Fsp3) is 0.417. The lowest BCUT2D eigenvalue weighted by Gasteiger charge is -2.15. The molecule has 0 aliphatic rings. The van der Waals surface area contributed by atoms with E-state index in [4.69, 9.17) is 20.4 Å². The summed E-state index contributed by atoms with van der Waals surface area (Å²) in [6.45, 7) is 2.38. The number of halogens is 1. The fourth-order valence-electron chi connectivity index (χ4n) is 1.37. The van der Waals surface area contributed by atoms with E-state index in [0.29, 0.717) is 18.6 Å². The first-order valence-corrected chi connectivity index (χ1v) is 5.51. The number of benzene rings is 1. The van der Waals surface area contributed by atoms with E-state index in [1.807, 2.05) is 6.92 Å². The van der Waals surface area contributed by atoms with Gasteiger partial charge in [-0.2, -0.15) is 0 Å². The molecule has 5 nitrogen and oxygen atoms in total. The van der Waals surface area contributed by atoms with Crippen LogP contribution in [0.4, 0.5) is 4.39 Å². The van der Waals surface area contributed by atoms with Crippen LogP contribution < -0.4 is 10.5 Å². The minimum absolute atomic E-state index is 0.132. The number of methoxy groups -OCH3 is 1. The average Bonchev–Trinajstić information content (AvgIpc) is 2.37. The van der Waals surface area contributed by atoms with Gasteiger partial charge >= 0.3 is 0 Å². The number of rotatable bonds is 6. The molecule has 18 heavy (non-hydrogen) atoms. The molecule has 0 saturated carbocycles. The molecular formula is C12H17FN2O3. The summed E-state index contributed by atoms with van der Waals surface area (Å²) < 4.78 is 24.0. The van der Waals surface area contributed by atoms with Crippen molar-refractivity contribution in [1.82, 2.24) is 0 Å². The first kappa shape index (κ1) is 14.2. The lowest BCUT2D eigenvalue weighted by molar-refractivity contribution is 0.132. The Morgan fingerprint density at radius 3 is 2.83 bits per heavy atom. The van der Waals surface area contributed by atoms with E-state index in [2.05, 4.69) is 5.16 Å². The second kappa shape index (κ2) is 6.80. The molecule has 0 bridgehead atoms. The Morgan fingerprint density at radius 1 is 1.56 bits per heavy atom. The Balaban J connectivity index is 2.74. The number of nitrogens with zero attached hydrogens (tertiary/aromatic N) is 1. The van der Waals surface area contributed by atoms with Crippen LogP contribution in [0.15, 0.2) is 23.4 Å². The Hall–Kier alpha value is -1.82. The molecule has 1 aromatic rings. The lowest BCUT2D eigenvalue weighted by Crippen LogP contribution is -2.16. The van der Waals surface area contributed by atoms with E-state index in [1.54, 1.807) is 7.11 Å². The number of hydrogen-bond acceptors (Lipinski definition) is 4. The molecule has 0 saturated heterocycles. The molecule has 0 radical (unpaired) electrons. The molecule has 0 spiro atoms. The second-order valence-corrected chi connectivity index (χ2v) is 3.84. The van der Waals surface area contributed by atoms with E-state index < -0.39 is 5.82 Å². The van der Waals surface area contributed by atoms with Gasteiger partial charge in [-0.25, -0.2) is 4.39 Å². The third kappa shape index (κ3) is 3.89. The maximum absolute atomic E-state index is 13.7. The number of amidine groups is 1. The third-order valence-corrected chi connectivity index (χ3v) is 2.39. The molecule has 0 fully saturated rings. The molecule has 6 heteroatoms. The Bertz CT molecular complexity index is 424. The van der Waals surface area contributed by atoms with E-state index in [0.717, 1.165) is 6.07 Å². The standard InChI is InChI=1S/C12H17FN2O3/c1-8(5-6-17-2)18-11-4-3-9(7-10(11)13)12(14)15-16/h3-4,7-8,16H,5-6H2,1-2H3,(H2,14,15). The van der Waals surface area contributed by atoms with Crippen LogP contribution in [0.1, 0.15) is 18.9 Å². The predicted octanol–water partition coefficient (Wildman–Crippen LogP) is 1.72. The molecule has 1 unspecified atom stereocenters. The molecular weight excluding hydrogens is 239 g/mol. The van der Waals surface area contributed by atoms with Crippen LogP contribution in [-0.4, -0.2) is 30.9 Å². The van der Waals surface area contributed by atoms with Crippen molar-refractivity contribution in [2.75, 3.05) is 13.7 Å². The quantitative estimate of drug-likeness (QED) is 0.351. The number of oxime groups is 1. The molecule has 0 amide bonds. The summed E-state index contributed by atoms with van der Waals surface area (Å²) in [6.07, 6.45) is 0.506. The van der Waals surface area contributed by atoms with Crippen molar-refractivity contribution < 1.29 is 19.1 Å². The molecule has 1 aromatic carbocycles. The Morgan fingerprint density at radius 2 is 2.28 bits per heavy atom. The summed E-state index contributed by atoms with van der Waals surface area (Å²) in [6, 6.07) is 4.13. The van der Waals surface area contributed by atoms with Crippen molar-refractivity contribution in [1.29, 1.82) is 0 Å². The molecule has 0 aliphatic heterocycles. The van der Waals surface area contributed by atoms with E-state index in [-0.39, 0.29) is 17.7 Å². The van der Waals surface area contributed by atoms with Crippen LogP contribution in [0.3, 0.4) is 0 Å². The summed E-state index contributed by atoms with van der Waals surface area (Å²) in [4.78, 5) is 0. The maximum Gasteiger partial charge on any atom is 0.170 e. The Labute approximate surface area is 105 Å². The minimum Gasteiger partial charge on any atom is -0.488 e. The lowest BCUT2D eigenvalue weighted by atomic mass is 10.2. The normalized spacial score (nSPS) is 13.4. The number of hydrogen-bond donors (Lipinski definition) is 2. The van der Waals surface area contributed by atoms with E-state index >= 15 is 0 Å². The Kier molecular flexibility index (Phi) is 5.38. The number of ether oxygens (including phenoxy) is 2. The molecule has 3 N–H and O–H groups in total. The van der Waals surface area contributed by atoms with Gasteiger partial charge in [-0.15, -0.1) is 0 Å². The van der Waals surface area contributed by atoms with E-state index in [1.165, 1.54) is 12.1 Å². The summed E-state index contributed by atoms with van der Waals surface area (Å²) in [5, 5.41) is 11.3. The van der Waals surface area contributed by atoms with Gasteiger partial charge in [0.2, 0.25) is 0 Å². The molecule has 100 valence electrons. The van der Waals surface area contributed by atoms with Crippen LogP contribution in [0.5, 0.6) is 5.75 Å². The number of nitrogens with two attached hydrogens (primary N) is 1. The third-order valence-electron chi connectivity index (χ3n) is 2.39. The second-order valence-electron chi connectivity index (χ2n) is 3.84.